The topological polar surface area (TPSA) is 66.4 Å². The fourth-order valence-corrected chi connectivity index (χ4v) is 3.43. The van der Waals surface area contributed by atoms with Gasteiger partial charge < -0.3 is 10.4 Å². The number of hydrogen-bond acceptors (Lipinski definition) is 2. The second kappa shape index (κ2) is 6.48. The molecule has 0 heterocycles. The number of amides is 1. The minimum Gasteiger partial charge on any atom is -0.481 e. The smallest absolute Gasteiger partial charge is 0.303 e. The summed E-state index contributed by atoms with van der Waals surface area (Å²) >= 11 is 0. The van der Waals surface area contributed by atoms with Crippen molar-refractivity contribution < 1.29 is 14.7 Å². The number of nitrogens with one attached hydrogen (secondary N) is 1. The Morgan fingerprint density at radius 1 is 0.692 bits per heavy atom. The van der Waals surface area contributed by atoms with Gasteiger partial charge >= 0.3 is 5.97 Å². The molecule has 0 saturated heterocycles. The predicted octanol–water partition coefficient (Wildman–Crippen LogP) is 4.95. The van der Waals surface area contributed by atoms with Crippen LogP contribution in [0.15, 0.2) is 66.7 Å². The summed E-state index contributed by atoms with van der Waals surface area (Å²) in [5, 5.41) is 18.4. The second-order valence-corrected chi connectivity index (χ2v) is 6.29. The Kier molecular flexibility index (Phi) is 4.01. The molecule has 0 aliphatic rings. The summed E-state index contributed by atoms with van der Waals surface area (Å²) in [6.45, 7) is 0. The van der Waals surface area contributed by atoms with Crippen LogP contribution in [-0.4, -0.2) is 17.0 Å². The standard InChI is InChI=1S/C22H17NO3/c24-21(11-12-22(25)26)23-14-9-10-19-17-7-2-1-5-15(17)16-6-3-4-8-18(16)20(19)13-14/h1-10,13H,11-12H2,(H,23,24)(H,25,26). The highest BCUT2D eigenvalue weighted by atomic mass is 16.4. The molecule has 26 heavy (non-hydrogen) atoms. The van der Waals surface area contributed by atoms with Gasteiger partial charge in [-0.25, -0.2) is 0 Å². The van der Waals surface area contributed by atoms with Crippen LogP contribution < -0.4 is 5.32 Å². The molecule has 4 aromatic rings. The first-order valence-electron chi connectivity index (χ1n) is 8.48. The van der Waals surface area contributed by atoms with Crippen LogP contribution in [0.2, 0.25) is 0 Å². The van der Waals surface area contributed by atoms with Crippen molar-refractivity contribution in [3.8, 4) is 0 Å². The van der Waals surface area contributed by atoms with Gasteiger partial charge in [0.2, 0.25) is 5.91 Å². The lowest BCUT2D eigenvalue weighted by molar-refractivity contribution is -0.138. The molecule has 4 aromatic carbocycles. The molecular weight excluding hydrogens is 326 g/mol. The summed E-state index contributed by atoms with van der Waals surface area (Å²) in [6.07, 6.45) is -0.210. The first-order chi connectivity index (χ1) is 12.6. The van der Waals surface area contributed by atoms with Crippen molar-refractivity contribution in [3.05, 3.63) is 66.7 Å². The van der Waals surface area contributed by atoms with Crippen LogP contribution in [0.3, 0.4) is 0 Å². The van der Waals surface area contributed by atoms with Crippen LogP contribution in [0, 0.1) is 0 Å². The Morgan fingerprint density at radius 2 is 1.19 bits per heavy atom. The number of fused-ring (bicyclic) bond motifs is 6. The summed E-state index contributed by atoms with van der Waals surface area (Å²) in [7, 11) is 0. The van der Waals surface area contributed by atoms with Crippen molar-refractivity contribution in [1.29, 1.82) is 0 Å². The Labute approximate surface area is 150 Å². The maximum absolute atomic E-state index is 12.0. The Balaban J connectivity index is 1.85. The SMILES string of the molecule is O=C(O)CCC(=O)Nc1ccc2c3ccccc3c3ccccc3c2c1. The number of aliphatic carboxylic acids is 1. The van der Waals surface area contributed by atoms with Crippen molar-refractivity contribution in [2.75, 3.05) is 5.32 Å². The molecule has 0 aromatic heterocycles. The molecule has 128 valence electrons. The molecule has 4 heteroatoms. The minimum absolute atomic E-state index is 0.0359. The fourth-order valence-electron chi connectivity index (χ4n) is 3.43. The normalized spacial score (nSPS) is 11.1. The predicted molar refractivity (Wildman–Crippen MR) is 104 cm³/mol. The van der Waals surface area contributed by atoms with E-state index in [0.29, 0.717) is 5.69 Å². The third-order valence-corrected chi connectivity index (χ3v) is 4.59. The van der Waals surface area contributed by atoms with Gasteiger partial charge in [-0.15, -0.1) is 0 Å². The maximum atomic E-state index is 12.0. The van der Waals surface area contributed by atoms with E-state index in [4.69, 9.17) is 5.11 Å². The second-order valence-electron chi connectivity index (χ2n) is 6.29. The van der Waals surface area contributed by atoms with Crippen molar-refractivity contribution >= 4 is 49.9 Å². The van der Waals surface area contributed by atoms with E-state index in [9.17, 15) is 9.59 Å². The van der Waals surface area contributed by atoms with Gasteiger partial charge in [-0.05, 0) is 44.5 Å². The van der Waals surface area contributed by atoms with Crippen LogP contribution >= 0.6 is 0 Å². The van der Waals surface area contributed by atoms with Gasteiger partial charge in [0.05, 0.1) is 6.42 Å². The molecule has 4 rings (SSSR count). The average Bonchev–Trinajstić information content (AvgIpc) is 2.66. The zero-order valence-corrected chi connectivity index (χ0v) is 14.0. The van der Waals surface area contributed by atoms with E-state index in [2.05, 4.69) is 29.6 Å². The summed E-state index contributed by atoms with van der Waals surface area (Å²) in [5.41, 5.74) is 0.674. The molecule has 0 aliphatic carbocycles. The van der Waals surface area contributed by atoms with Crippen LogP contribution in [0.4, 0.5) is 5.69 Å². The molecule has 0 unspecified atom stereocenters. The number of carbonyl (C=O) groups is 2. The van der Waals surface area contributed by atoms with Crippen molar-refractivity contribution in [1.82, 2.24) is 0 Å². The van der Waals surface area contributed by atoms with Crippen LogP contribution in [0.25, 0.3) is 32.3 Å². The van der Waals surface area contributed by atoms with Crippen molar-refractivity contribution in [2.45, 2.75) is 12.8 Å². The van der Waals surface area contributed by atoms with E-state index in [1.807, 2.05) is 42.5 Å². The number of hydrogen-bond donors (Lipinski definition) is 2. The lowest BCUT2D eigenvalue weighted by Gasteiger charge is -2.12. The monoisotopic (exact) mass is 343 g/mol. The number of carbonyl (C=O) groups excluding carboxylic acids is 1. The molecule has 0 radical (unpaired) electrons. The number of anilines is 1. The van der Waals surface area contributed by atoms with Gasteiger partial charge in [0.15, 0.2) is 0 Å². The van der Waals surface area contributed by atoms with E-state index < -0.39 is 5.97 Å². The Hall–Kier alpha value is -3.40. The maximum Gasteiger partial charge on any atom is 0.303 e. The molecule has 4 nitrogen and oxygen atoms in total. The highest BCUT2D eigenvalue weighted by Gasteiger charge is 2.10. The highest BCUT2D eigenvalue weighted by Crippen LogP contribution is 2.36. The Bertz CT molecular complexity index is 1130. The van der Waals surface area contributed by atoms with Crippen molar-refractivity contribution in [2.24, 2.45) is 0 Å². The first-order valence-corrected chi connectivity index (χ1v) is 8.48. The van der Waals surface area contributed by atoms with Gasteiger partial charge in [-0.2, -0.15) is 0 Å². The molecule has 0 saturated carbocycles. The molecule has 0 fully saturated rings. The quantitative estimate of drug-likeness (QED) is 0.515. The fraction of sp³-hybridized carbons (Fsp3) is 0.0909. The Morgan fingerprint density at radius 3 is 1.73 bits per heavy atom. The molecule has 1 amide bonds. The lowest BCUT2D eigenvalue weighted by Crippen LogP contribution is -2.13. The summed E-state index contributed by atoms with van der Waals surface area (Å²) < 4.78 is 0. The zero-order valence-electron chi connectivity index (χ0n) is 14.0. The van der Waals surface area contributed by atoms with E-state index >= 15 is 0 Å². The van der Waals surface area contributed by atoms with Crippen LogP contribution in [0.1, 0.15) is 12.8 Å². The zero-order chi connectivity index (χ0) is 18.1. The van der Waals surface area contributed by atoms with Gasteiger partial charge in [0.25, 0.3) is 0 Å². The number of carboxylic acids is 1. The van der Waals surface area contributed by atoms with Gasteiger partial charge in [-0.3, -0.25) is 9.59 Å². The number of carboxylic acid groups (broad SMARTS) is 1. The lowest BCUT2D eigenvalue weighted by atomic mass is 9.94. The third-order valence-electron chi connectivity index (χ3n) is 4.59. The molecular formula is C22H17NO3. The van der Waals surface area contributed by atoms with E-state index in [1.54, 1.807) is 0 Å². The van der Waals surface area contributed by atoms with E-state index in [0.717, 1.165) is 16.2 Å². The molecule has 0 spiro atoms. The molecule has 0 aliphatic heterocycles. The van der Waals surface area contributed by atoms with Gasteiger partial charge in [0.1, 0.15) is 0 Å². The first kappa shape index (κ1) is 16.1. The average molecular weight is 343 g/mol. The minimum atomic E-state index is -0.976. The third kappa shape index (κ3) is 2.86. The van der Waals surface area contributed by atoms with E-state index in [-0.39, 0.29) is 18.7 Å². The molecule has 2 N–H and O–H groups in total. The van der Waals surface area contributed by atoms with Crippen molar-refractivity contribution in [3.63, 3.8) is 0 Å². The van der Waals surface area contributed by atoms with Gasteiger partial charge in [-0.1, -0.05) is 54.6 Å². The summed E-state index contributed by atoms with van der Waals surface area (Å²) in [4.78, 5) is 22.6. The summed E-state index contributed by atoms with van der Waals surface area (Å²) in [6, 6.07) is 22.4. The van der Waals surface area contributed by atoms with Gasteiger partial charge in [0, 0.05) is 12.1 Å². The largest absolute Gasteiger partial charge is 0.481 e. The van der Waals surface area contributed by atoms with E-state index in [1.165, 1.54) is 16.2 Å². The number of benzene rings is 4. The highest BCUT2D eigenvalue weighted by molar-refractivity contribution is 6.25. The number of rotatable bonds is 4. The van der Waals surface area contributed by atoms with Crippen LogP contribution in [-0.2, 0) is 9.59 Å². The molecule has 0 bridgehead atoms. The summed E-state index contributed by atoms with van der Waals surface area (Å²) in [5.74, 6) is -1.27. The molecule has 0 atom stereocenters. The van der Waals surface area contributed by atoms with Crippen LogP contribution in [0.5, 0.6) is 0 Å².